The van der Waals surface area contributed by atoms with Gasteiger partial charge in [0.2, 0.25) is 17.7 Å². The minimum absolute atomic E-state index is 0.0943. The van der Waals surface area contributed by atoms with E-state index in [-0.39, 0.29) is 24.1 Å². The number of amides is 3. The highest BCUT2D eigenvalue weighted by Gasteiger charge is 2.48. The van der Waals surface area contributed by atoms with Gasteiger partial charge in [-0.1, -0.05) is 36.4 Å². The second kappa shape index (κ2) is 8.51. The van der Waals surface area contributed by atoms with Crippen LogP contribution in [0, 0.1) is 17.7 Å². The molecule has 5 rings (SSSR count). The monoisotopic (exact) mass is 447 g/mol. The summed E-state index contributed by atoms with van der Waals surface area (Å²) in [5, 5.41) is 16.4. The minimum Gasteiger partial charge on any atom is -0.353 e. The molecule has 2 aliphatic rings. The molecule has 0 aliphatic carbocycles. The Bertz CT molecular complexity index is 1230. The first kappa shape index (κ1) is 20.9. The summed E-state index contributed by atoms with van der Waals surface area (Å²) in [6, 6.07) is 18.9. The molecule has 2 saturated heterocycles. The lowest BCUT2D eigenvalue weighted by Gasteiger charge is -2.43. The van der Waals surface area contributed by atoms with Crippen LogP contribution in [0.25, 0.3) is 10.8 Å². The smallest absolute Gasteiger partial charge is 0.229 e. The summed E-state index contributed by atoms with van der Waals surface area (Å²) in [7, 11) is 0. The van der Waals surface area contributed by atoms with Crippen LogP contribution < -0.4 is 26.6 Å². The Kier molecular flexibility index (Phi) is 5.39. The summed E-state index contributed by atoms with van der Waals surface area (Å²) < 4.78 is 13.2. The zero-order valence-electron chi connectivity index (χ0n) is 17.5. The Morgan fingerprint density at radius 2 is 1.70 bits per heavy atom. The van der Waals surface area contributed by atoms with E-state index in [4.69, 9.17) is 0 Å². The lowest BCUT2D eigenvalue weighted by molar-refractivity contribution is -0.144. The van der Waals surface area contributed by atoms with Crippen LogP contribution in [0.1, 0.15) is 6.42 Å². The molecule has 168 valence electrons. The Balaban J connectivity index is 1.34. The molecule has 0 aromatic heterocycles. The third-order valence-electron chi connectivity index (χ3n) is 5.99. The molecule has 4 unspecified atom stereocenters. The quantitative estimate of drug-likeness (QED) is 0.421. The molecule has 0 saturated carbocycles. The van der Waals surface area contributed by atoms with E-state index in [0.29, 0.717) is 11.4 Å². The van der Waals surface area contributed by atoms with Gasteiger partial charge in [-0.15, -0.1) is 0 Å². The minimum atomic E-state index is -0.845. The lowest BCUT2D eigenvalue weighted by Crippen LogP contribution is -2.72. The van der Waals surface area contributed by atoms with Crippen molar-refractivity contribution in [1.29, 1.82) is 0 Å². The third kappa shape index (κ3) is 4.22. The van der Waals surface area contributed by atoms with Crippen molar-refractivity contribution in [2.24, 2.45) is 11.8 Å². The summed E-state index contributed by atoms with van der Waals surface area (Å²) in [6.45, 7) is 0. The van der Waals surface area contributed by atoms with Crippen LogP contribution in [-0.4, -0.2) is 30.2 Å². The Morgan fingerprint density at radius 1 is 0.939 bits per heavy atom. The van der Waals surface area contributed by atoms with E-state index in [2.05, 4.69) is 26.6 Å². The van der Waals surface area contributed by atoms with Crippen molar-refractivity contribution in [3.63, 3.8) is 0 Å². The molecule has 4 atom stereocenters. The predicted octanol–water partition coefficient (Wildman–Crippen LogP) is 2.11. The van der Waals surface area contributed by atoms with Crippen LogP contribution in [0.4, 0.5) is 15.8 Å². The van der Waals surface area contributed by atoms with Crippen LogP contribution >= 0.6 is 0 Å². The molecule has 0 radical (unpaired) electrons. The highest BCUT2D eigenvalue weighted by molar-refractivity contribution is 6.05. The zero-order chi connectivity index (χ0) is 22.9. The van der Waals surface area contributed by atoms with E-state index in [1.807, 2.05) is 36.4 Å². The van der Waals surface area contributed by atoms with Crippen LogP contribution in [0.15, 0.2) is 66.7 Å². The largest absolute Gasteiger partial charge is 0.353 e. The molecule has 3 aromatic rings. The van der Waals surface area contributed by atoms with Gasteiger partial charge in [-0.05, 0) is 35.7 Å². The summed E-state index contributed by atoms with van der Waals surface area (Å²) in [6.07, 6.45) is -1.53. The van der Waals surface area contributed by atoms with E-state index < -0.39 is 30.2 Å². The van der Waals surface area contributed by atoms with Crippen LogP contribution in [0.2, 0.25) is 0 Å². The third-order valence-corrected chi connectivity index (χ3v) is 5.99. The summed E-state index contributed by atoms with van der Waals surface area (Å²) in [4.78, 5) is 38.6. The van der Waals surface area contributed by atoms with Crippen molar-refractivity contribution >= 4 is 39.9 Å². The molecule has 0 bridgehead atoms. The number of carbonyl (C=O) groups is 3. The molecule has 3 amide bonds. The van der Waals surface area contributed by atoms with E-state index in [0.717, 1.165) is 10.8 Å². The molecule has 3 aromatic carbocycles. The molecule has 2 heterocycles. The standard InChI is InChI=1S/C24H22FN5O3/c25-14-8-10-15(11-9-14)26-24-29-21-20(23(33)30-24)17(12-19(31)28-21)22(32)27-18-7-3-5-13-4-1-2-6-16(13)18/h1-11,17,20-21,24,26,29H,12H2,(H,27,32)(H,28,31)(H,30,33). The van der Waals surface area contributed by atoms with Crippen molar-refractivity contribution in [3.05, 3.63) is 72.5 Å². The number of piperidine rings is 1. The van der Waals surface area contributed by atoms with E-state index in [1.54, 1.807) is 6.07 Å². The first-order valence-corrected chi connectivity index (χ1v) is 10.6. The fourth-order valence-corrected chi connectivity index (χ4v) is 4.43. The second-order valence-corrected chi connectivity index (χ2v) is 8.16. The first-order valence-electron chi connectivity index (χ1n) is 10.6. The summed E-state index contributed by atoms with van der Waals surface area (Å²) in [5.74, 6) is -3.08. The number of hydrogen-bond donors (Lipinski definition) is 5. The Hall–Kier alpha value is -3.98. The average Bonchev–Trinajstić information content (AvgIpc) is 2.80. The molecule has 2 aliphatic heterocycles. The van der Waals surface area contributed by atoms with Gasteiger partial charge in [-0.2, -0.15) is 0 Å². The van der Waals surface area contributed by atoms with Gasteiger partial charge in [0.15, 0.2) is 6.29 Å². The van der Waals surface area contributed by atoms with Gasteiger partial charge in [0.25, 0.3) is 0 Å². The van der Waals surface area contributed by atoms with Crippen LogP contribution in [-0.2, 0) is 14.4 Å². The van der Waals surface area contributed by atoms with Crippen LogP contribution in [0.5, 0.6) is 0 Å². The van der Waals surface area contributed by atoms with Gasteiger partial charge >= 0.3 is 0 Å². The van der Waals surface area contributed by atoms with Gasteiger partial charge in [0, 0.05) is 23.2 Å². The fraction of sp³-hybridized carbons (Fsp3) is 0.208. The van der Waals surface area contributed by atoms with Gasteiger partial charge in [-0.3, -0.25) is 19.7 Å². The van der Waals surface area contributed by atoms with E-state index >= 15 is 0 Å². The number of carbonyl (C=O) groups excluding carboxylic acids is 3. The van der Waals surface area contributed by atoms with Gasteiger partial charge < -0.3 is 21.3 Å². The van der Waals surface area contributed by atoms with Crippen molar-refractivity contribution < 1.29 is 18.8 Å². The van der Waals surface area contributed by atoms with E-state index in [9.17, 15) is 18.8 Å². The van der Waals surface area contributed by atoms with Gasteiger partial charge in [0.1, 0.15) is 5.82 Å². The number of fused-ring (bicyclic) bond motifs is 2. The van der Waals surface area contributed by atoms with Gasteiger partial charge in [-0.25, -0.2) is 4.39 Å². The average molecular weight is 447 g/mol. The molecule has 33 heavy (non-hydrogen) atoms. The molecule has 2 fully saturated rings. The normalized spacial score (nSPS) is 24.4. The maximum atomic E-state index is 13.2. The number of hydrogen-bond acceptors (Lipinski definition) is 5. The fourth-order valence-electron chi connectivity index (χ4n) is 4.43. The first-order chi connectivity index (χ1) is 16.0. The lowest BCUT2D eigenvalue weighted by atomic mass is 9.81. The van der Waals surface area contributed by atoms with Crippen LogP contribution in [0.3, 0.4) is 0 Å². The predicted molar refractivity (Wildman–Crippen MR) is 121 cm³/mol. The number of anilines is 2. The Morgan fingerprint density at radius 3 is 2.52 bits per heavy atom. The van der Waals surface area contributed by atoms with Crippen molar-refractivity contribution in [3.8, 4) is 0 Å². The molecule has 5 N–H and O–H groups in total. The summed E-state index contributed by atoms with van der Waals surface area (Å²) >= 11 is 0. The maximum absolute atomic E-state index is 13.2. The van der Waals surface area contributed by atoms with Gasteiger partial charge in [0.05, 0.1) is 18.0 Å². The summed E-state index contributed by atoms with van der Waals surface area (Å²) in [5.41, 5.74) is 1.21. The molecule has 9 heteroatoms. The Labute approximate surface area is 188 Å². The SMILES string of the molecule is O=C1CC(C(=O)Nc2cccc3ccccc23)C2C(=O)NC(Nc3ccc(F)cc3)NC2N1. The topological polar surface area (TPSA) is 111 Å². The van der Waals surface area contributed by atoms with E-state index in [1.165, 1.54) is 24.3 Å². The number of rotatable bonds is 4. The van der Waals surface area contributed by atoms with Crippen molar-refractivity contribution in [2.45, 2.75) is 18.9 Å². The highest BCUT2D eigenvalue weighted by atomic mass is 19.1. The maximum Gasteiger partial charge on any atom is 0.229 e. The van der Waals surface area contributed by atoms with Crippen molar-refractivity contribution in [1.82, 2.24) is 16.0 Å². The number of nitrogens with one attached hydrogen (secondary N) is 5. The molecule has 0 spiro atoms. The molecular weight excluding hydrogens is 425 g/mol. The second-order valence-electron chi connectivity index (χ2n) is 8.16. The zero-order valence-corrected chi connectivity index (χ0v) is 17.5. The highest BCUT2D eigenvalue weighted by Crippen LogP contribution is 2.30. The molecule has 8 nitrogen and oxygen atoms in total. The number of benzene rings is 3. The van der Waals surface area contributed by atoms with Crippen molar-refractivity contribution in [2.75, 3.05) is 10.6 Å². The molecular formula is C24H22FN5O3. The number of halogens is 1.